The number of aliphatic carboxylic acids is 1. The molecular formula is C41H46Cl2N4O4. The third kappa shape index (κ3) is 10.4. The van der Waals surface area contributed by atoms with Gasteiger partial charge in [-0.05, 0) is 113 Å². The smallest absolute Gasteiger partial charge is 0.331 e. The van der Waals surface area contributed by atoms with Gasteiger partial charge in [0, 0.05) is 51.4 Å². The van der Waals surface area contributed by atoms with Crippen molar-refractivity contribution in [2.24, 2.45) is 0 Å². The molecule has 0 radical (unpaired) electrons. The topological polar surface area (TPSA) is 113 Å². The lowest BCUT2D eigenvalue weighted by atomic mass is 9.83. The first-order chi connectivity index (χ1) is 24.4. The number of carboxylic acid groups (broad SMARTS) is 1. The molecule has 1 heterocycles. The van der Waals surface area contributed by atoms with Crippen LogP contribution < -0.4 is 15.4 Å². The molecule has 0 saturated carbocycles. The summed E-state index contributed by atoms with van der Waals surface area (Å²) >= 11 is 13.4. The molecule has 51 heavy (non-hydrogen) atoms. The van der Waals surface area contributed by atoms with Crippen molar-refractivity contribution in [3.8, 4) is 16.9 Å². The summed E-state index contributed by atoms with van der Waals surface area (Å²) in [6.07, 6.45) is 9.79. The highest BCUT2D eigenvalue weighted by Crippen LogP contribution is 2.44. The Hall–Kier alpha value is -4.66. The molecule has 2 atom stereocenters. The number of aromatic nitrogens is 2. The van der Waals surface area contributed by atoms with Gasteiger partial charge in [-0.15, -0.1) is 0 Å². The van der Waals surface area contributed by atoms with E-state index in [9.17, 15) is 14.7 Å². The molecule has 1 unspecified atom stereocenters. The number of rotatable bonds is 17. The number of ether oxygens (including phenoxy) is 1. The Morgan fingerprint density at radius 1 is 1.00 bits per heavy atom. The lowest BCUT2D eigenvalue weighted by Gasteiger charge is -2.28. The molecule has 4 rings (SSSR count). The van der Waals surface area contributed by atoms with E-state index in [4.69, 9.17) is 27.9 Å². The number of hydrogen-bond donors (Lipinski definition) is 3. The molecule has 4 aromatic rings. The van der Waals surface area contributed by atoms with Gasteiger partial charge in [0.05, 0.1) is 11.6 Å². The molecular weight excluding hydrogens is 683 g/mol. The van der Waals surface area contributed by atoms with Gasteiger partial charge in [-0.25, -0.2) is 14.8 Å². The van der Waals surface area contributed by atoms with Crippen LogP contribution in [-0.4, -0.2) is 46.6 Å². The number of anilines is 1. The number of carbonyl (C=O) groups excluding carboxylic acids is 1. The van der Waals surface area contributed by atoms with Crippen molar-refractivity contribution in [2.75, 3.05) is 18.5 Å². The van der Waals surface area contributed by atoms with E-state index in [1.807, 2.05) is 77.1 Å². The van der Waals surface area contributed by atoms with Gasteiger partial charge < -0.3 is 20.5 Å². The molecule has 10 heteroatoms. The fourth-order valence-electron chi connectivity index (χ4n) is 6.20. The second kappa shape index (κ2) is 18.5. The Bertz CT molecular complexity index is 1880. The maximum Gasteiger partial charge on any atom is 0.331 e. The third-order valence-corrected chi connectivity index (χ3v) is 9.77. The number of nitrogens with zero attached hydrogens (tertiary/aromatic N) is 2. The predicted octanol–water partition coefficient (Wildman–Crippen LogP) is 9.46. The van der Waals surface area contributed by atoms with Gasteiger partial charge in [-0.1, -0.05) is 71.8 Å². The van der Waals surface area contributed by atoms with Crippen molar-refractivity contribution in [1.82, 2.24) is 15.3 Å². The van der Waals surface area contributed by atoms with Gasteiger partial charge in [0.1, 0.15) is 12.1 Å². The summed E-state index contributed by atoms with van der Waals surface area (Å²) in [5.74, 6) is -0.165. The maximum absolute atomic E-state index is 11.4. The first kappa shape index (κ1) is 39.1. The molecule has 0 aliphatic carbocycles. The number of nitrogens with one attached hydrogen (secondary N) is 2. The summed E-state index contributed by atoms with van der Waals surface area (Å²) in [7, 11) is 0. The molecule has 1 amide bonds. The van der Waals surface area contributed by atoms with Gasteiger partial charge in [0.2, 0.25) is 6.41 Å². The van der Waals surface area contributed by atoms with E-state index in [0.29, 0.717) is 31.0 Å². The number of aryl methyl sites for hydroxylation is 4. The van der Waals surface area contributed by atoms with Crippen molar-refractivity contribution in [1.29, 1.82) is 0 Å². The van der Waals surface area contributed by atoms with E-state index in [0.717, 1.165) is 79.6 Å². The first-order valence-corrected chi connectivity index (χ1v) is 17.8. The van der Waals surface area contributed by atoms with Gasteiger partial charge >= 0.3 is 5.97 Å². The number of amides is 1. The Balaban J connectivity index is 1.81. The minimum absolute atomic E-state index is 0.00290. The zero-order chi connectivity index (χ0) is 37.1. The lowest BCUT2D eigenvalue weighted by Crippen LogP contribution is -2.30. The average molecular weight is 730 g/mol. The summed E-state index contributed by atoms with van der Waals surface area (Å²) in [5.41, 5.74) is 9.53. The highest BCUT2D eigenvalue weighted by Gasteiger charge is 2.25. The number of halogens is 2. The van der Waals surface area contributed by atoms with Crippen LogP contribution in [0.15, 0.2) is 72.6 Å². The Labute approximate surface area is 311 Å². The molecule has 0 aliphatic heterocycles. The van der Waals surface area contributed by atoms with E-state index in [-0.39, 0.29) is 17.5 Å². The van der Waals surface area contributed by atoms with Crippen LogP contribution in [0.4, 0.5) is 5.69 Å². The zero-order valence-corrected chi connectivity index (χ0v) is 31.5. The number of carbonyl (C=O) groups is 2. The fraction of sp³-hybridized carbons (Fsp3) is 0.317. The monoisotopic (exact) mass is 728 g/mol. The Morgan fingerprint density at radius 3 is 2.35 bits per heavy atom. The molecule has 8 nitrogen and oxygen atoms in total. The van der Waals surface area contributed by atoms with Gasteiger partial charge in [0.15, 0.2) is 0 Å². The van der Waals surface area contributed by atoms with Crippen LogP contribution in [0.25, 0.3) is 17.2 Å². The fourth-order valence-corrected chi connectivity index (χ4v) is 6.56. The van der Waals surface area contributed by atoms with Crippen LogP contribution in [0.3, 0.4) is 0 Å². The zero-order valence-electron chi connectivity index (χ0n) is 30.0. The maximum atomic E-state index is 11.4. The molecule has 0 fully saturated rings. The van der Waals surface area contributed by atoms with Crippen LogP contribution in [-0.2, 0) is 16.0 Å². The summed E-state index contributed by atoms with van der Waals surface area (Å²) in [6, 6.07) is 16.0. The molecule has 0 bridgehead atoms. The minimum Gasteiger partial charge on any atom is -0.494 e. The van der Waals surface area contributed by atoms with Crippen molar-refractivity contribution < 1.29 is 19.4 Å². The Morgan fingerprint density at radius 2 is 1.69 bits per heavy atom. The van der Waals surface area contributed by atoms with Crippen molar-refractivity contribution in [3.05, 3.63) is 122 Å². The van der Waals surface area contributed by atoms with Crippen molar-refractivity contribution in [3.63, 3.8) is 0 Å². The van der Waals surface area contributed by atoms with E-state index < -0.39 is 5.97 Å². The molecule has 1 aromatic heterocycles. The SMILES string of the molecule is C/C(=C\C=C/c1ccccc1CC(CCCOc1cc(C)c(Cl)c(C)c1)c1ccc(Cl)c(-c2c(C)ncnc2C)c1N[C@H](C)CNC=O)C(=O)O. The third-order valence-electron chi connectivity index (χ3n) is 8.86. The minimum atomic E-state index is -0.954. The van der Waals surface area contributed by atoms with Gasteiger partial charge in [0.25, 0.3) is 0 Å². The second-order valence-electron chi connectivity index (χ2n) is 12.9. The van der Waals surface area contributed by atoms with Crippen molar-refractivity contribution >= 4 is 47.3 Å². The summed E-state index contributed by atoms with van der Waals surface area (Å²) < 4.78 is 6.24. The molecule has 3 N–H and O–H groups in total. The molecule has 0 spiro atoms. The van der Waals surface area contributed by atoms with Gasteiger partial charge in [-0.3, -0.25) is 4.79 Å². The predicted molar refractivity (Wildman–Crippen MR) is 208 cm³/mol. The van der Waals surface area contributed by atoms with Crippen LogP contribution in [0.5, 0.6) is 5.75 Å². The number of benzene rings is 3. The Kier molecular flexibility index (Phi) is 14.2. The largest absolute Gasteiger partial charge is 0.494 e. The lowest BCUT2D eigenvalue weighted by molar-refractivity contribution is -0.132. The molecule has 268 valence electrons. The number of carboxylic acids is 1. The molecule has 3 aromatic carbocycles. The van der Waals surface area contributed by atoms with Gasteiger partial charge in [-0.2, -0.15) is 0 Å². The van der Waals surface area contributed by atoms with Crippen LogP contribution in [0, 0.1) is 27.7 Å². The quantitative estimate of drug-likeness (QED) is 0.0430. The standard InChI is InChI=1S/C41H46Cl2N4O4/c1-25(41(49)50)11-9-14-31-12-7-8-13-32(31)21-33(15-10-18-51-34-19-26(2)39(43)27(3)20-34)35-16-17-36(42)38(37-29(5)45-23-46-30(37)6)40(35)47-28(4)22-44-24-48/h7-9,11-14,16-17,19-20,23-24,28,33,47H,10,15,18,21-22H2,1-6H3,(H,44,48)(H,49,50)/b14-9-,25-11+/t28-,33?/m1/s1. The van der Waals surface area contributed by atoms with Crippen LogP contribution in [0.1, 0.15) is 71.8 Å². The normalized spacial score (nSPS) is 12.8. The van der Waals surface area contributed by atoms with E-state index in [2.05, 4.69) is 32.7 Å². The highest BCUT2D eigenvalue weighted by atomic mass is 35.5. The average Bonchev–Trinajstić information content (AvgIpc) is 3.09. The summed E-state index contributed by atoms with van der Waals surface area (Å²) in [6.45, 7) is 12.4. The second-order valence-corrected chi connectivity index (χ2v) is 13.6. The first-order valence-electron chi connectivity index (χ1n) is 17.0. The van der Waals surface area contributed by atoms with E-state index in [1.165, 1.54) is 0 Å². The van der Waals surface area contributed by atoms with Crippen LogP contribution >= 0.6 is 23.2 Å². The van der Waals surface area contributed by atoms with Crippen molar-refractivity contribution in [2.45, 2.75) is 72.8 Å². The highest BCUT2D eigenvalue weighted by molar-refractivity contribution is 6.34. The number of allylic oxidation sites excluding steroid dienone is 2. The van der Waals surface area contributed by atoms with Crippen LogP contribution in [0.2, 0.25) is 10.0 Å². The van der Waals surface area contributed by atoms with E-state index >= 15 is 0 Å². The summed E-state index contributed by atoms with van der Waals surface area (Å²) in [4.78, 5) is 31.6. The molecule has 0 aliphatic rings. The number of hydrogen-bond acceptors (Lipinski definition) is 6. The van der Waals surface area contributed by atoms with E-state index in [1.54, 1.807) is 25.4 Å². The molecule has 0 saturated heterocycles. The summed E-state index contributed by atoms with van der Waals surface area (Å²) in [5, 5.41) is 17.1.